The second-order valence-electron chi connectivity index (χ2n) is 15.1. The van der Waals surface area contributed by atoms with Crippen molar-refractivity contribution in [1.29, 1.82) is 0 Å². The molecule has 59 heavy (non-hydrogen) atoms. The van der Waals surface area contributed by atoms with Crippen molar-refractivity contribution in [3.05, 3.63) is 212 Å². The van der Waals surface area contributed by atoms with Gasteiger partial charge in [0, 0.05) is 50.5 Å². The monoisotopic (exact) mass is 753 g/mol. The van der Waals surface area contributed by atoms with Gasteiger partial charge in [-0.1, -0.05) is 127 Å². The van der Waals surface area contributed by atoms with E-state index in [1.165, 1.54) is 54.5 Å². The molecule has 0 aliphatic carbocycles. The zero-order chi connectivity index (χ0) is 38.9. The third kappa shape index (κ3) is 5.34. The van der Waals surface area contributed by atoms with E-state index in [-0.39, 0.29) is 0 Å². The van der Waals surface area contributed by atoms with Gasteiger partial charge in [0.15, 0.2) is 0 Å². The molecule has 0 unspecified atom stereocenters. The van der Waals surface area contributed by atoms with Crippen LogP contribution in [0.2, 0.25) is 0 Å². The van der Waals surface area contributed by atoms with Gasteiger partial charge < -0.3 is 13.9 Å². The molecule has 0 saturated heterocycles. The fourth-order valence-corrected chi connectivity index (χ4v) is 9.19. The number of rotatable bonds is 6. The quantitative estimate of drug-likeness (QED) is 0.159. The van der Waals surface area contributed by atoms with Gasteiger partial charge in [-0.15, -0.1) is 0 Å². The number of benzene rings is 9. The van der Waals surface area contributed by atoms with Gasteiger partial charge in [0.1, 0.15) is 5.58 Å². The summed E-state index contributed by atoms with van der Waals surface area (Å²) in [7, 11) is 0. The van der Waals surface area contributed by atoms with E-state index in [0.29, 0.717) is 5.71 Å². The number of hydrogen-bond acceptors (Lipinski definition) is 3. The lowest BCUT2D eigenvalue weighted by Gasteiger charge is -2.27. The predicted octanol–water partition coefficient (Wildman–Crippen LogP) is 15.2. The molecule has 0 aliphatic rings. The maximum Gasteiger partial charge on any atom is 0.227 e. The third-order valence-corrected chi connectivity index (χ3v) is 11.8. The normalized spacial score (nSPS) is 11.7. The second kappa shape index (κ2) is 13.3. The minimum absolute atomic E-state index is 0.654. The molecule has 0 fully saturated rings. The zero-order valence-corrected chi connectivity index (χ0v) is 32.0. The lowest BCUT2D eigenvalue weighted by Crippen LogP contribution is -2.10. The number of aromatic nitrogens is 2. The van der Waals surface area contributed by atoms with E-state index in [1.54, 1.807) is 6.20 Å². The van der Waals surface area contributed by atoms with Gasteiger partial charge in [-0.2, -0.15) is 0 Å². The van der Waals surface area contributed by atoms with E-state index in [2.05, 4.69) is 209 Å². The zero-order valence-electron chi connectivity index (χ0n) is 32.0. The largest absolute Gasteiger partial charge is 0.438 e. The van der Waals surface area contributed by atoms with Crippen LogP contribution < -0.4 is 4.90 Å². The van der Waals surface area contributed by atoms with Gasteiger partial charge in [0.2, 0.25) is 5.71 Å². The van der Waals surface area contributed by atoms with E-state index in [4.69, 9.17) is 4.42 Å². The van der Waals surface area contributed by atoms with Crippen molar-refractivity contribution in [3.63, 3.8) is 0 Å². The smallest absolute Gasteiger partial charge is 0.227 e. The molecule has 3 heterocycles. The summed E-state index contributed by atoms with van der Waals surface area (Å²) in [6.45, 7) is 0. The van der Waals surface area contributed by atoms with Crippen LogP contribution in [0.1, 0.15) is 0 Å². The van der Waals surface area contributed by atoms with Gasteiger partial charge >= 0.3 is 0 Å². The Balaban J connectivity index is 1.01. The Morgan fingerprint density at radius 1 is 0.407 bits per heavy atom. The number of furan rings is 1. The Bertz CT molecular complexity index is 3510. The standard InChI is InChI=1S/C55H35N3O/c1-2-15-43-38(12-1)34-50(46-17-4-3-16-45(43)46)37-27-31-40(32-28-37)57(39-29-25-36(26-30-39)44-20-10-24-53-54(44)49-21-11-33-56-55(49)59-53)41-13-9-14-42(35-41)58-51-22-7-5-18-47(51)48-19-6-8-23-52(48)58/h1-35H. The molecule has 0 aliphatic heterocycles. The van der Waals surface area contributed by atoms with Crippen LogP contribution in [0.25, 0.3) is 93.4 Å². The van der Waals surface area contributed by atoms with Crippen molar-refractivity contribution in [2.45, 2.75) is 0 Å². The predicted molar refractivity (Wildman–Crippen MR) is 246 cm³/mol. The molecule has 0 amide bonds. The molecule has 3 aromatic heterocycles. The van der Waals surface area contributed by atoms with Crippen LogP contribution in [-0.2, 0) is 0 Å². The molecular weight excluding hydrogens is 719 g/mol. The summed E-state index contributed by atoms with van der Waals surface area (Å²) in [4.78, 5) is 6.86. The van der Waals surface area contributed by atoms with Gasteiger partial charge in [-0.25, -0.2) is 4.98 Å². The Morgan fingerprint density at radius 3 is 1.73 bits per heavy atom. The first-order valence-electron chi connectivity index (χ1n) is 20.0. The van der Waals surface area contributed by atoms with Gasteiger partial charge in [-0.3, -0.25) is 0 Å². The average Bonchev–Trinajstić information content (AvgIpc) is 3.86. The van der Waals surface area contributed by atoms with Crippen molar-refractivity contribution >= 4 is 82.5 Å². The molecule has 0 radical (unpaired) electrons. The lowest BCUT2D eigenvalue weighted by atomic mass is 9.93. The molecule has 4 heteroatoms. The summed E-state index contributed by atoms with van der Waals surface area (Å²) in [6.07, 6.45) is 1.78. The maximum atomic E-state index is 6.15. The Hall–Kier alpha value is -7.95. The van der Waals surface area contributed by atoms with E-state index < -0.39 is 0 Å². The molecule has 12 aromatic rings. The number of pyridine rings is 1. The van der Waals surface area contributed by atoms with Crippen LogP contribution in [-0.4, -0.2) is 9.55 Å². The van der Waals surface area contributed by atoms with Crippen LogP contribution >= 0.6 is 0 Å². The van der Waals surface area contributed by atoms with Crippen molar-refractivity contribution in [2.24, 2.45) is 0 Å². The van der Waals surface area contributed by atoms with E-state index in [9.17, 15) is 0 Å². The lowest BCUT2D eigenvalue weighted by molar-refractivity contribution is 0.654. The molecule has 0 saturated carbocycles. The highest BCUT2D eigenvalue weighted by molar-refractivity contribution is 6.14. The molecule has 12 rings (SSSR count). The van der Waals surface area contributed by atoms with Crippen LogP contribution in [0, 0.1) is 0 Å². The number of para-hydroxylation sites is 2. The highest BCUT2D eigenvalue weighted by atomic mass is 16.3. The highest BCUT2D eigenvalue weighted by Crippen LogP contribution is 2.42. The first-order valence-corrected chi connectivity index (χ1v) is 20.0. The maximum absolute atomic E-state index is 6.15. The molecule has 0 atom stereocenters. The second-order valence-corrected chi connectivity index (χ2v) is 15.1. The van der Waals surface area contributed by atoms with Crippen molar-refractivity contribution in [3.8, 4) is 27.9 Å². The van der Waals surface area contributed by atoms with Crippen LogP contribution in [0.15, 0.2) is 217 Å². The van der Waals surface area contributed by atoms with Crippen molar-refractivity contribution in [2.75, 3.05) is 4.90 Å². The average molecular weight is 754 g/mol. The molecule has 276 valence electrons. The summed E-state index contributed by atoms with van der Waals surface area (Å²) in [6, 6.07) is 74.2. The Labute approximate surface area is 340 Å². The van der Waals surface area contributed by atoms with E-state index in [0.717, 1.165) is 50.2 Å². The molecule has 0 spiro atoms. The molecule has 4 nitrogen and oxygen atoms in total. The summed E-state index contributed by atoms with van der Waals surface area (Å²) in [5.41, 5.74) is 12.8. The highest BCUT2D eigenvalue weighted by Gasteiger charge is 2.19. The topological polar surface area (TPSA) is 34.2 Å². The van der Waals surface area contributed by atoms with Gasteiger partial charge in [0.05, 0.1) is 11.0 Å². The molecule has 0 N–H and O–H groups in total. The van der Waals surface area contributed by atoms with Crippen LogP contribution in [0.5, 0.6) is 0 Å². The first kappa shape index (κ1) is 33.2. The van der Waals surface area contributed by atoms with Crippen molar-refractivity contribution < 1.29 is 4.42 Å². The summed E-state index contributed by atoms with van der Waals surface area (Å²) >= 11 is 0. The van der Waals surface area contributed by atoms with E-state index in [1.807, 2.05) is 12.1 Å². The van der Waals surface area contributed by atoms with Crippen LogP contribution in [0.3, 0.4) is 0 Å². The summed E-state index contributed by atoms with van der Waals surface area (Å²) in [5.74, 6) is 0. The summed E-state index contributed by atoms with van der Waals surface area (Å²) < 4.78 is 8.54. The van der Waals surface area contributed by atoms with Crippen LogP contribution in [0.4, 0.5) is 17.1 Å². The molecule has 9 aromatic carbocycles. The Morgan fingerprint density at radius 2 is 1.00 bits per heavy atom. The van der Waals surface area contributed by atoms with E-state index >= 15 is 0 Å². The fraction of sp³-hybridized carbons (Fsp3) is 0. The molecule has 0 bridgehead atoms. The van der Waals surface area contributed by atoms with Gasteiger partial charge in [-0.05, 0) is 123 Å². The Kier molecular flexibility index (Phi) is 7.50. The van der Waals surface area contributed by atoms with Crippen molar-refractivity contribution in [1.82, 2.24) is 9.55 Å². The first-order chi connectivity index (χ1) is 29.3. The number of fused-ring (bicyclic) bond motifs is 9. The third-order valence-electron chi connectivity index (χ3n) is 11.8. The minimum atomic E-state index is 0.654. The SMILES string of the molecule is c1cc(N(c2ccc(-c3cc4ccccc4c4ccccc34)cc2)c2ccc(-c3cccc4oc5ncccc5c34)cc2)cc(-n2c3ccccc3c3ccccc32)c1. The van der Waals surface area contributed by atoms with Gasteiger partial charge in [0.25, 0.3) is 0 Å². The fourth-order valence-electron chi connectivity index (χ4n) is 9.19. The summed E-state index contributed by atoms with van der Waals surface area (Å²) in [5, 5.41) is 9.62. The minimum Gasteiger partial charge on any atom is -0.438 e. The molecular formula is C55H35N3O. The number of nitrogens with zero attached hydrogens (tertiary/aromatic N) is 3. The number of anilines is 3. The number of hydrogen-bond donors (Lipinski definition) is 0.